The summed E-state index contributed by atoms with van der Waals surface area (Å²) in [5.74, 6) is -1.13. The van der Waals surface area contributed by atoms with Crippen LogP contribution in [0.4, 0.5) is 0 Å². The van der Waals surface area contributed by atoms with Gasteiger partial charge in [-0.1, -0.05) is 0 Å². The van der Waals surface area contributed by atoms with Gasteiger partial charge < -0.3 is 5.11 Å². The second kappa shape index (κ2) is 4.52. The molecule has 0 saturated heterocycles. The van der Waals surface area contributed by atoms with E-state index in [2.05, 4.69) is 15.0 Å². The van der Waals surface area contributed by atoms with Crippen molar-refractivity contribution in [1.29, 1.82) is 0 Å². The lowest BCUT2D eigenvalue weighted by molar-refractivity contribution is 0.0694. The van der Waals surface area contributed by atoms with Crippen molar-refractivity contribution in [3.8, 4) is 0 Å². The minimum atomic E-state index is -1.13. The van der Waals surface area contributed by atoms with Crippen LogP contribution in [0.5, 0.6) is 0 Å². The lowest BCUT2D eigenvalue weighted by Gasteiger charge is -2.05. The highest BCUT2D eigenvalue weighted by Crippen LogP contribution is 2.04. The lowest BCUT2D eigenvalue weighted by atomic mass is 10.2. The third-order valence-electron chi connectivity index (χ3n) is 2.14. The molecule has 0 saturated carbocycles. The maximum absolute atomic E-state index is 11.4. The largest absolute Gasteiger partial charge is 0.478 e. The first-order valence-electron chi connectivity index (χ1n) is 4.71. The van der Waals surface area contributed by atoms with E-state index >= 15 is 0 Å². The van der Waals surface area contributed by atoms with Crippen LogP contribution in [0.25, 0.3) is 0 Å². The molecule has 0 bridgehead atoms. The zero-order valence-electron chi connectivity index (χ0n) is 8.65. The molecule has 0 atom stereocenters. The summed E-state index contributed by atoms with van der Waals surface area (Å²) < 4.78 is 1.27. The maximum Gasteiger partial charge on any atom is 0.339 e. The SMILES string of the molecule is O=C(O)c1cncnc1Cn1cnccc1=O. The van der Waals surface area contributed by atoms with Crippen LogP contribution < -0.4 is 5.56 Å². The number of aromatic carboxylic acids is 1. The Morgan fingerprint density at radius 2 is 2.24 bits per heavy atom. The topological polar surface area (TPSA) is 98.0 Å². The van der Waals surface area contributed by atoms with Crippen molar-refractivity contribution >= 4 is 5.97 Å². The number of hydrogen-bond donors (Lipinski definition) is 1. The molecular weight excluding hydrogens is 224 g/mol. The Hall–Kier alpha value is -2.57. The Bertz CT molecular complexity index is 608. The Kier molecular flexibility index (Phi) is 2.91. The van der Waals surface area contributed by atoms with Gasteiger partial charge in [-0.15, -0.1) is 0 Å². The van der Waals surface area contributed by atoms with Gasteiger partial charge in [-0.2, -0.15) is 0 Å². The van der Waals surface area contributed by atoms with Gasteiger partial charge in [0.2, 0.25) is 0 Å². The van der Waals surface area contributed by atoms with Crippen LogP contribution in [0, 0.1) is 0 Å². The smallest absolute Gasteiger partial charge is 0.339 e. The summed E-state index contributed by atoms with van der Waals surface area (Å²) in [5.41, 5.74) is -0.0270. The van der Waals surface area contributed by atoms with Crippen molar-refractivity contribution in [3.63, 3.8) is 0 Å². The van der Waals surface area contributed by atoms with Crippen molar-refractivity contribution in [1.82, 2.24) is 19.5 Å². The summed E-state index contributed by atoms with van der Waals surface area (Å²) in [7, 11) is 0. The molecule has 0 amide bonds. The first-order chi connectivity index (χ1) is 8.18. The van der Waals surface area contributed by atoms with Crippen LogP contribution in [-0.4, -0.2) is 30.6 Å². The standard InChI is InChI=1S/C10H8N4O3/c15-9-1-2-11-6-14(9)4-8-7(10(16)17)3-12-5-13-8/h1-3,5-6H,4H2,(H,16,17). The number of hydrogen-bond acceptors (Lipinski definition) is 5. The van der Waals surface area contributed by atoms with Gasteiger partial charge in [-0.05, 0) is 0 Å². The summed E-state index contributed by atoms with van der Waals surface area (Å²) >= 11 is 0. The summed E-state index contributed by atoms with van der Waals surface area (Å²) in [4.78, 5) is 33.6. The van der Waals surface area contributed by atoms with Crippen LogP contribution in [0.3, 0.4) is 0 Å². The molecule has 2 aromatic rings. The van der Waals surface area contributed by atoms with Gasteiger partial charge in [0.15, 0.2) is 0 Å². The van der Waals surface area contributed by atoms with Gasteiger partial charge in [0.25, 0.3) is 5.56 Å². The van der Waals surface area contributed by atoms with E-state index in [1.54, 1.807) is 0 Å². The molecular formula is C10H8N4O3. The minimum absolute atomic E-state index is 0.0248. The molecule has 86 valence electrons. The molecule has 0 aromatic carbocycles. The molecule has 0 spiro atoms. The number of carboxylic acids is 1. The molecule has 0 aliphatic carbocycles. The number of aromatic nitrogens is 4. The highest BCUT2D eigenvalue weighted by Gasteiger charge is 2.11. The Morgan fingerprint density at radius 1 is 1.41 bits per heavy atom. The van der Waals surface area contributed by atoms with Gasteiger partial charge in [0.1, 0.15) is 11.9 Å². The van der Waals surface area contributed by atoms with Crippen LogP contribution in [0.15, 0.2) is 35.9 Å². The summed E-state index contributed by atoms with van der Waals surface area (Å²) in [5, 5.41) is 8.93. The van der Waals surface area contributed by atoms with Gasteiger partial charge in [0.05, 0.1) is 18.6 Å². The van der Waals surface area contributed by atoms with Crippen LogP contribution in [0.1, 0.15) is 16.1 Å². The second-order valence-corrected chi connectivity index (χ2v) is 3.23. The molecule has 0 aliphatic rings. The van der Waals surface area contributed by atoms with E-state index in [4.69, 9.17) is 5.11 Å². The number of carbonyl (C=O) groups is 1. The van der Waals surface area contributed by atoms with Gasteiger partial charge >= 0.3 is 5.97 Å². The van der Waals surface area contributed by atoms with E-state index in [0.29, 0.717) is 0 Å². The summed E-state index contributed by atoms with van der Waals surface area (Å²) in [6, 6.07) is 1.29. The first kappa shape index (κ1) is 10.9. The van der Waals surface area contributed by atoms with Gasteiger partial charge in [0, 0.05) is 18.5 Å². The molecule has 0 radical (unpaired) electrons. The molecule has 1 N–H and O–H groups in total. The van der Waals surface area contributed by atoms with Gasteiger partial charge in [-0.25, -0.2) is 19.7 Å². The van der Waals surface area contributed by atoms with E-state index < -0.39 is 5.97 Å². The quantitative estimate of drug-likeness (QED) is 0.785. The number of rotatable bonds is 3. The van der Waals surface area contributed by atoms with Crippen molar-refractivity contribution < 1.29 is 9.90 Å². The number of carboxylic acid groups (broad SMARTS) is 1. The Morgan fingerprint density at radius 3 is 2.94 bits per heavy atom. The number of nitrogens with zero attached hydrogens (tertiary/aromatic N) is 4. The highest BCUT2D eigenvalue weighted by molar-refractivity contribution is 5.88. The Balaban J connectivity index is 2.40. The van der Waals surface area contributed by atoms with Crippen molar-refractivity contribution in [2.45, 2.75) is 6.54 Å². The molecule has 2 aromatic heterocycles. The van der Waals surface area contributed by atoms with Crippen LogP contribution in [-0.2, 0) is 6.54 Å². The second-order valence-electron chi connectivity index (χ2n) is 3.23. The van der Waals surface area contributed by atoms with Crippen molar-refractivity contribution in [3.05, 3.63) is 52.7 Å². The zero-order valence-corrected chi connectivity index (χ0v) is 8.65. The average Bonchev–Trinajstić information content (AvgIpc) is 2.32. The normalized spacial score (nSPS) is 10.1. The predicted octanol–water partition coefficient (Wildman–Crippen LogP) is -0.220. The van der Waals surface area contributed by atoms with Gasteiger partial charge in [-0.3, -0.25) is 9.36 Å². The fraction of sp³-hybridized carbons (Fsp3) is 0.100. The molecule has 17 heavy (non-hydrogen) atoms. The fourth-order valence-electron chi connectivity index (χ4n) is 1.32. The monoisotopic (exact) mass is 232 g/mol. The molecule has 0 aliphatic heterocycles. The fourth-order valence-corrected chi connectivity index (χ4v) is 1.32. The van der Waals surface area contributed by atoms with E-state index in [1.807, 2.05) is 0 Å². The molecule has 2 rings (SSSR count). The average molecular weight is 232 g/mol. The maximum atomic E-state index is 11.4. The molecule has 0 fully saturated rings. The van der Waals surface area contributed by atoms with E-state index in [1.165, 1.54) is 35.7 Å². The molecule has 7 heteroatoms. The van der Waals surface area contributed by atoms with Crippen LogP contribution >= 0.6 is 0 Å². The van der Waals surface area contributed by atoms with E-state index in [-0.39, 0.29) is 23.4 Å². The third kappa shape index (κ3) is 2.33. The third-order valence-corrected chi connectivity index (χ3v) is 2.14. The predicted molar refractivity (Wildman–Crippen MR) is 56.6 cm³/mol. The minimum Gasteiger partial charge on any atom is -0.478 e. The highest BCUT2D eigenvalue weighted by atomic mass is 16.4. The van der Waals surface area contributed by atoms with Crippen molar-refractivity contribution in [2.75, 3.05) is 0 Å². The zero-order chi connectivity index (χ0) is 12.3. The van der Waals surface area contributed by atoms with E-state index in [9.17, 15) is 9.59 Å². The van der Waals surface area contributed by atoms with E-state index in [0.717, 1.165) is 0 Å². The van der Waals surface area contributed by atoms with Crippen molar-refractivity contribution in [2.24, 2.45) is 0 Å². The molecule has 0 unspecified atom stereocenters. The Labute approximate surface area is 95.4 Å². The molecule has 2 heterocycles. The first-order valence-corrected chi connectivity index (χ1v) is 4.71. The van der Waals surface area contributed by atoms with Crippen LogP contribution in [0.2, 0.25) is 0 Å². The summed E-state index contributed by atoms with van der Waals surface area (Å²) in [6.07, 6.45) is 5.14. The lowest BCUT2D eigenvalue weighted by Crippen LogP contribution is -2.21. The molecule has 7 nitrogen and oxygen atoms in total. The summed E-state index contributed by atoms with van der Waals surface area (Å²) in [6.45, 7) is 0.0524.